The molecule has 2 aromatic rings. The molecule has 0 heterocycles. The van der Waals surface area contributed by atoms with Crippen LogP contribution in [0.3, 0.4) is 0 Å². The average Bonchev–Trinajstić information content (AvgIpc) is 2.89. The monoisotopic (exact) mass is 497 g/mol. The van der Waals surface area contributed by atoms with E-state index in [1.54, 1.807) is 12.1 Å². The van der Waals surface area contributed by atoms with Crippen molar-refractivity contribution in [2.24, 2.45) is 11.7 Å². The van der Waals surface area contributed by atoms with Crippen LogP contribution in [0.2, 0.25) is 5.02 Å². The maximum absolute atomic E-state index is 13.7. The molecule has 2 unspecified atom stereocenters. The van der Waals surface area contributed by atoms with Crippen molar-refractivity contribution in [3.63, 3.8) is 0 Å². The maximum atomic E-state index is 13.7. The zero-order valence-corrected chi connectivity index (χ0v) is 21.0. The first-order chi connectivity index (χ1) is 17.0. The number of hydrogen-bond acceptors (Lipinski definition) is 4. The summed E-state index contributed by atoms with van der Waals surface area (Å²) in [5.41, 5.74) is 8.82. The molecule has 2 fully saturated rings. The second kappa shape index (κ2) is 12.4. The van der Waals surface area contributed by atoms with Gasteiger partial charge in [0.15, 0.2) is 0 Å². The summed E-state index contributed by atoms with van der Waals surface area (Å²) in [6, 6.07) is 14.9. The lowest BCUT2D eigenvalue weighted by Crippen LogP contribution is -2.53. The molecule has 2 aliphatic rings. The molecule has 2 saturated carbocycles. The lowest BCUT2D eigenvalue weighted by Gasteiger charge is -2.41. The average molecular weight is 498 g/mol. The van der Waals surface area contributed by atoms with Crippen molar-refractivity contribution in [3.8, 4) is 0 Å². The molecule has 3 N–H and O–H groups in total. The van der Waals surface area contributed by atoms with Crippen molar-refractivity contribution < 1.29 is 14.3 Å². The first-order valence-corrected chi connectivity index (χ1v) is 13.2. The second-order valence-corrected chi connectivity index (χ2v) is 10.2. The maximum Gasteiger partial charge on any atom is 0.411 e. The Morgan fingerprint density at radius 3 is 2.43 bits per heavy atom. The highest BCUT2D eigenvalue weighted by atomic mass is 35.5. The summed E-state index contributed by atoms with van der Waals surface area (Å²) in [5.74, 6) is 0.259. The lowest BCUT2D eigenvalue weighted by molar-refractivity contribution is -0.141. The van der Waals surface area contributed by atoms with Gasteiger partial charge >= 0.3 is 6.09 Å². The number of rotatable bonds is 7. The van der Waals surface area contributed by atoms with Crippen LogP contribution in [0.1, 0.15) is 68.9 Å². The summed E-state index contributed by atoms with van der Waals surface area (Å²) in [4.78, 5) is 28.0. The van der Waals surface area contributed by atoms with Gasteiger partial charge in [-0.2, -0.15) is 0 Å². The van der Waals surface area contributed by atoms with Crippen LogP contribution in [-0.4, -0.2) is 29.0 Å². The number of hydrogen-bond donors (Lipinski definition) is 2. The van der Waals surface area contributed by atoms with Gasteiger partial charge in [0, 0.05) is 35.3 Å². The van der Waals surface area contributed by atoms with Crippen molar-refractivity contribution in [1.29, 1.82) is 0 Å². The highest BCUT2D eigenvalue weighted by Crippen LogP contribution is 2.32. The van der Waals surface area contributed by atoms with Crippen LogP contribution >= 0.6 is 11.6 Å². The minimum Gasteiger partial charge on any atom is -0.444 e. The minimum absolute atomic E-state index is 0.0155. The van der Waals surface area contributed by atoms with Gasteiger partial charge < -0.3 is 15.4 Å². The van der Waals surface area contributed by atoms with Gasteiger partial charge in [-0.3, -0.25) is 10.1 Å². The van der Waals surface area contributed by atoms with Crippen LogP contribution in [0.25, 0.3) is 0 Å². The van der Waals surface area contributed by atoms with Gasteiger partial charge in [0.2, 0.25) is 5.91 Å². The van der Waals surface area contributed by atoms with Gasteiger partial charge in [0.25, 0.3) is 0 Å². The molecule has 6 nitrogen and oxygen atoms in total. The van der Waals surface area contributed by atoms with Crippen molar-refractivity contribution in [1.82, 2.24) is 4.90 Å². The van der Waals surface area contributed by atoms with E-state index in [2.05, 4.69) is 5.32 Å². The van der Waals surface area contributed by atoms with Crippen molar-refractivity contribution >= 4 is 29.3 Å². The van der Waals surface area contributed by atoms with E-state index in [1.807, 2.05) is 41.3 Å². The molecule has 35 heavy (non-hydrogen) atoms. The van der Waals surface area contributed by atoms with E-state index in [9.17, 15) is 9.59 Å². The Balaban J connectivity index is 1.47. The van der Waals surface area contributed by atoms with Crippen LogP contribution in [0.15, 0.2) is 48.5 Å². The summed E-state index contributed by atoms with van der Waals surface area (Å²) >= 11 is 6.57. The van der Waals surface area contributed by atoms with Crippen molar-refractivity contribution in [3.05, 3.63) is 64.7 Å². The van der Waals surface area contributed by atoms with E-state index in [0.29, 0.717) is 17.3 Å². The molecule has 0 aliphatic heterocycles. The fourth-order valence-corrected chi connectivity index (χ4v) is 5.48. The van der Waals surface area contributed by atoms with E-state index < -0.39 is 6.09 Å². The summed E-state index contributed by atoms with van der Waals surface area (Å²) < 4.78 is 5.35. The van der Waals surface area contributed by atoms with Gasteiger partial charge in [-0.05, 0) is 55.0 Å². The SMILES string of the molecule is NC1CCCCC1N(Cc1cc(NC(=O)OCc2ccccc2)ccc1Cl)C(=O)C1CCCCC1. The summed E-state index contributed by atoms with van der Waals surface area (Å²) in [6.07, 6.45) is 8.80. The largest absolute Gasteiger partial charge is 0.444 e. The third-order valence-corrected chi connectivity index (χ3v) is 7.63. The first-order valence-electron chi connectivity index (χ1n) is 12.8. The van der Waals surface area contributed by atoms with E-state index in [-0.39, 0.29) is 30.5 Å². The number of nitrogens with two attached hydrogens (primary N) is 1. The highest BCUT2D eigenvalue weighted by Gasteiger charge is 2.35. The number of ether oxygens (including phenoxy) is 1. The Kier molecular flexibility index (Phi) is 9.05. The molecular weight excluding hydrogens is 462 g/mol. The predicted molar refractivity (Wildman–Crippen MR) is 139 cm³/mol. The number of benzene rings is 2. The standard InChI is InChI=1S/C28H36ClN3O3/c29-24-16-15-23(31-28(34)35-19-20-9-3-1-4-10-20)17-22(24)18-32(26-14-8-7-13-25(26)30)27(33)21-11-5-2-6-12-21/h1,3-4,9-10,15-17,21,25-26H,2,5-8,11-14,18-19,30H2,(H,31,34). The number of nitrogens with one attached hydrogen (secondary N) is 1. The molecule has 0 spiro atoms. The van der Waals surface area contributed by atoms with Gasteiger partial charge in [-0.1, -0.05) is 74.0 Å². The highest BCUT2D eigenvalue weighted by molar-refractivity contribution is 6.31. The third kappa shape index (κ3) is 6.98. The molecule has 0 radical (unpaired) electrons. The molecule has 4 rings (SSSR count). The molecule has 2 aliphatic carbocycles. The molecule has 188 valence electrons. The predicted octanol–water partition coefficient (Wildman–Crippen LogP) is 6.27. The van der Waals surface area contributed by atoms with Crippen LogP contribution < -0.4 is 11.1 Å². The molecule has 0 saturated heterocycles. The number of carbonyl (C=O) groups is 2. The van der Waals surface area contributed by atoms with Gasteiger partial charge in [0.05, 0.1) is 0 Å². The van der Waals surface area contributed by atoms with Crippen molar-refractivity contribution in [2.75, 3.05) is 5.32 Å². The Morgan fingerprint density at radius 1 is 0.971 bits per heavy atom. The third-order valence-electron chi connectivity index (χ3n) is 7.26. The van der Waals surface area contributed by atoms with Gasteiger partial charge in [0.1, 0.15) is 6.61 Å². The molecule has 0 bridgehead atoms. The van der Waals surface area contributed by atoms with Crippen molar-refractivity contribution in [2.45, 2.75) is 83.0 Å². The van der Waals surface area contributed by atoms with E-state index in [4.69, 9.17) is 22.1 Å². The van der Waals surface area contributed by atoms with E-state index in [1.165, 1.54) is 6.42 Å². The molecule has 2 amide bonds. The number of nitrogens with zero attached hydrogens (tertiary/aromatic N) is 1. The van der Waals surface area contributed by atoms with E-state index >= 15 is 0 Å². The zero-order valence-electron chi connectivity index (χ0n) is 20.3. The van der Waals surface area contributed by atoms with Crippen LogP contribution in [-0.2, 0) is 22.7 Å². The quantitative estimate of drug-likeness (QED) is 0.472. The summed E-state index contributed by atoms with van der Waals surface area (Å²) in [7, 11) is 0. The normalized spacial score (nSPS) is 20.7. The Morgan fingerprint density at radius 2 is 1.69 bits per heavy atom. The van der Waals surface area contributed by atoms with Gasteiger partial charge in [-0.15, -0.1) is 0 Å². The molecule has 2 aromatic carbocycles. The van der Waals surface area contributed by atoms with E-state index in [0.717, 1.165) is 62.5 Å². The first kappa shape index (κ1) is 25.5. The fraction of sp³-hybridized carbons (Fsp3) is 0.500. The van der Waals surface area contributed by atoms with Crippen LogP contribution in [0.4, 0.5) is 10.5 Å². The molecular formula is C28H36ClN3O3. The molecule has 7 heteroatoms. The Labute approximate surface area is 213 Å². The molecule has 0 aromatic heterocycles. The number of halogens is 1. The summed E-state index contributed by atoms with van der Waals surface area (Å²) in [5, 5.41) is 3.35. The number of anilines is 1. The minimum atomic E-state index is -0.536. The fourth-order valence-electron chi connectivity index (χ4n) is 5.30. The van der Waals surface area contributed by atoms with Crippen LogP contribution in [0, 0.1) is 5.92 Å². The summed E-state index contributed by atoms with van der Waals surface area (Å²) in [6.45, 7) is 0.581. The second-order valence-electron chi connectivity index (χ2n) is 9.81. The number of amides is 2. The number of carbonyl (C=O) groups excluding carboxylic acids is 2. The Bertz CT molecular complexity index is 994. The topological polar surface area (TPSA) is 84.7 Å². The Hall–Kier alpha value is -2.57. The lowest BCUT2D eigenvalue weighted by atomic mass is 9.85. The molecule has 2 atom stereocenters. The smallest absolute Gasteiger partial charge is 0.411 e. The van der Waals surface area contributed by atoms with Crippen LogP contribution in [0.5, 0.6) is 0 Å². The van der Waals surface area contributed by atoms with Gasteiger partial charge in [-0.25, -0.2) is 4.79 Å². The zero-order chi connectivity index (χ0) is 24.6.